The summed E-state index contributed by atoms with van der Waals surface area (Å²) in [5, 5.41) is 12.3. The average molecular weight is 552 g/mol. The third-order valence-electron chi connectivity index (χ3n) is 5.41. The molecule has 2 atom stereocenters. The summed E-state index contributed by atoms with van der Waals surface area (Å²) < 4.78 is 25.3. The number of hydrogen-bond acceptors (Lipinski definition) is 10. The number of ether oxygens (including phenoxy) is 5. The number of rotatable bonds is 11. The molecule has 0 bridgehead atoms. The number of nitrogens with one attached hydrogen (secondary N) is 1. The van der Waals surface area contributed by atoms with Crippen LogP contribution in [0.1, 0.15) is 31.1 Å². The quantitative estimate of drug-likeness (QED) is 0.266. The van der Waals surface area contributed by atoms with Crippen molar-refractivity contribution in [3.05, 3.63) is 89.5 Å². The summed E-state index contributed by atoms with van der Waals surface area (Å²) in [5.74, 6) is -5.21. The molecule has 0 heterocycles. The van der Waals surface area contributed by atoms with E-state index in [1.165, 1.54) is 82.0 Å². The smallest absolute Gasteiger partial charge is 0.349 e. The second-order valence-electron chi connectivity index (χ2n) is 8.02. The van der Waals surface area contributed by atoms with Crippen LogP contribution in [0.4, 0.5) is 5.69 Å². The molecule has 0 radical (unpaired) electrons. The summed E-state index contributed by atoms with van der Waals surface area (Å²) in [6, 6.07) is 16.9. The lowest BCUT2D eigenvalue weighted by molar-refractivity contribution is -0.157. The number of aliphatic carboxylic acids is 1. The standard InChI is InChI=1S/C28H25NO11/c1-36-20-11-5-8-17(14-20)27(34)39-22(24(30)29-19-10-4-7-16(13-19)26(33)38-3)23(25(31)32)40-28(35)18-9-6-12-21(15-18)37-2/h4-15,22-23H,1-3H3,(H,29,30)(H,31,32)/t22-,23-/m0/s1. The third kappa shape index (κ3) is 7.34. The topological polar surface area (TPSA) is 164 Å². The van der Waals surface area contributed by atoms with Gasteiger partial charge in [0.2, 0.25) is 12.2 Å². The molecular weight excluding hydrogens is 526 g/mol. The Bertz CT molecular complexity index is 1420. The molecule has 3 aromatic carbocycles. The van der Waals surface area contributed by atoms with E-state index in [9.17, 15) is 29.1 Å². The van der Waals surface area contributed by atoms with Crippen molar-refractivity contribution in [2.24, 2.45) is 0 Å². The molecule has 0 aliphatic rings. The van der Waals surface area contributed by atoms with Crippen molar-refractivity contribution < 1.29 is 52.8 Å². The van der Waals surface area contributed by atoms with Crippen LogP contribution in [0.3, 0.4) is 0 Å². The number of amides is 1. The van der Waals surface area contributed by atoms with Gasteiger partial charge in [0.1, 0.15) is 11.5 Å². The summed E-state index contributed by atoms with van der Waals surface area (Å²) >= 11 is 0. The molecule has 0 aliphatic heterocycles. The maximum atomic E-state index is 13.3. The van der Waals surface area contributed by atoms with Gasteiger partial charge in [0, 0.05) is 5.69 Å². The lowest BCUT2D eigenvalue weighted by atomic mass is 10.1. The molecule has 40 heavy (non-hydrogen) atoms. The van der Waals surface area contributed by atoms with E-state index in [0.717, 1.165) is 0 Å². The second-order valence-corrected chi connectivity index (χ2v) is 8.02. The minimum Gasteiger partial charge on any atom is -0.497 e. The maximum absolute atomic E-state index is 13.3. The van der Waals surface area contributed by atoms with Crippen LogP contribution in [0.5, 0.6) is 11.5 Å². The van der Waals surface area contributed by atoms with Crippen LogP contribution >= 0.6 is 0 Å². The normalized spacial score (nSPS) is 11.8. The number of carboxylic acid groups (broad SMARTS) is 1. The van der Waals surface area contributed by atoms with Crippen molar-refractivity contribution in [1.29, 1.82) is 0 Å². The third-order valence-corrected chi connectivity index (χ3v) is 5.41. The zero-order valence-corrected chi connectivity index (χ0v) is 21.6. The lowest BCUT2D eigenvalue weighted by Crippen LogP contribution is -2.48. The fourth-order valence-corrected chi connectivity index (χ4v) is 3.42. The van der Waals surface area contributed by atoms with Gasteiger partial charge in [-0.15, -0.1) is 0 Å². The minimum atomic E-state index is -2.27. The molecule has 3 aromatic rings. The van der Waals surface area contributed by atoms with Crippen LogP contribution in [-0.2, 0) is 23.8 Å². The van der Waals surface area contributed by atoms with Crippen molar-refractivity contribution in [1.82, 2.24) is 0 Å². The Labute approximate surface area is 228 Å². The SMILES string of the molecule is COC(=O)c1cccc(NC(=O)[C@@H](OC(=O)c2cccc(OC)c2)[C@H](OC(=O)c2cccc(OC)c2)C(=O)O)c1. The van der Waals surface area contributed by atoms with Crippen molar-refractivity contribution in [2.45, 2.75) is 12.2 Å². The molecule has 0 spiro atoms. The first-order valence-corrected chi connectivity index (χ1v) is 11.6. The van der Waals surface area contributed by atoms with E-state index in [1.807, 2.05) is 0 Å². The second kappa shape index (κ2) is 13.4. The van der Waals surface area contributed by atoms with E-state index >= 15 is 0 Å². The first-order chi connectivity index (χ1) is 19.2. The highest BCUT2D eigenvalue weighted by Gasteiger charge is 2.41. The highest BCUT2D eigenvalue weighted by atomic mass is 16.6. The van der Waals surface area contributed by atoms with Gasteiger partial charge in [-0.25, -0.2) is 19.2 Å². The van der Waals surface area contributed by atoms with Gasteiger partial charge >= 0.3 is 23.9 Å². The van der Waals surface area contributed by atoms with Crippen LogP contribution in [0, 0.1) is 0 Å². The number of carboxylic acids is 1. The van der Waals surface area contributed by atoms with E-state index in [0.29, 0.717) is 11.5 Å². The molecule has 0 saturated carbocycles. The van der Waals surface area contributed by atoms with Crippen molar-refractivity contribution in [3.8, 4) is 11.5 Å². The molecule has 12 heteroatoms. The first-order valence-electron chi connectivity index (χ1n) is 11.6. The molecule has 0 aliphatic carbocycles. The molecule has 3 rings (SSSR count). The van der Waals surface area contributed by atoms with E-state index in [-0.39, 0.29) is 22.4 Å². The van der Waals surface area contributed by atoms with Gasteiger partial charge in [-0.3, -0.25) is 4.79 Å². The number of anilines is 1. The molecular formula is C28H25NO11. The van der Waals surface area contributed by atoms with Crippen LogP contribution in [-0.4, -0.2) is 68.4 Å². The highest BCUT2D eigenvalue weighted by molar-refractivity contribution is 6.02. The zero-order valence-electron chi connectivity index (χ0n) is 21.6. The molecule has 208 valence electrons. The molecule has 0 saturated heterocycles. The van der Waals surface area contributed by atoms with Gasteiger partial charge < -0.3 is 34.1 Å². The fourth-order valence-electron chi connectivity index (χ4n) is 3.42. The lowest BCUT2D eigenvalue weighted by Gasteiger charge is -2.23. The summed E-state index contributed by atoms with van der Waals surface area (Å²) in [7, 11) is 3.93. The Morgan fingerprint density at radius 1 is 0.650 bits per heavy atom. The summed E-state index contributed by atoms with van der Waals surface area (Å²) in [6.07, 6.45) is -4.43. The van der Waals surface area contributed by atoms with Crippen molar-refractivity contribution in [3.63, 3.8) is 0 Å². The first kappa shape index (κ1) is 29.2. The molecule has 1 amide bonds. The van der Waals surface area contributed by atoms with E-state index in [2.05, 4.69) is 10.1 Å². The van der Waals surface area contributed by atoms with Crippen molar-refractivity contribution >= 4 is 35.5 Å². The largest absolute Gasteiger partial charge is 0.497 e. The number of carbonyl (C=O) groups excluding carboxylic acids is 4. The Kier molecular flexibility index (Phi) is 9.79. The molecule has 2 N–H and O–H groups in total. The predicted molar refractivity (Wildman–Crippen MR) is 138 cm³/mol. The molecule has 0 aromatic heterocycles. The Morgan fingerprint density at radius 3 is 1.60 bits per heavy atom. The Balaban J connectivity index is 1.95. The number of esters is 3. The summed E-state index contributed by atoms with van der Waals surface area (Å²) in [6.45, 7) is 0. The van der Waals surface area contributed by atoms with Crippen molar-refractivity contribution in [2.75, 3.05) is 26.6 Å². The van der Waals surface area contributed by atoms with Gasteiger partial charge in [0.15, 0.2) is 0 Å². The summed E-state index contributed by atoms with van der Waals surface area (Å²) in [4.78, 5) is 63.2. The number of hydrogen-bond donors (Lipinski definition) is 2. The maximum Gasteiger partial charge on any atom is 0.349 e. The van der Waals surface area contributed by atoms with Crippen LogP contribution < -0.4 is 14.8 Å². The number of carbonyl (C=O) groups is 5. The van der Waals surface area contributed by atoms with Crippen LogP contribution in [0.2, 0.25) is 0 Å². The number of benzene rings is 3. The minimum absolute atomic E-state index is 0.0543. The highest BCUT2D eigenvalue weighted by Crippen LogP contribution is 2.20. The monoisotopic (exact) mass is 551 g/mol. The van der Waals surface area contributed by atoms with E-state index in [1.54, 1.807) is 12.1 Å². The van der Waals surface area contributed by atoms with Gasteiger partial charge in [-0.2, -0.15) is 0 Å². The molecule has 0 unspecified atom stereocenters. The zero-order chi connectivity index (χ0) is 29.2. The molecule has 12 nitrogen and oxygen atoms in total. The average Bonchev–Trinajstić information content (AvgIpc) is 2.98. The Hall–Kier alpha value is -5.39. The van der Waals surface area contributed by atoms with Gasteiger partial charge in [-0.1, -0.05) is 18.2 Å². The van der Waals surface area contributed by atoms with E-state index < -0.39 is 42.0 Å². The summed E-state index contributed by atoms with van der Waals surface area (Å²) in [5.41, 5.74) is 0.00538. The van der Waals surface area contributed by atoms with Crippen LogP contribution in [0.15, 0.2) is 72.8 Å². The van der Waals surface area contributed by atoms with Gasteiger partial charge in [-0.05, 0) is 54.6 Å². The number of methoxy groups -OCH3 is 3. The fraction of sp³-hybridized carbons (Fsp3) is 0.179. The molecule has 0 fully saturated rings. The van der Waals surface area contributed by atoms with Crippen LogP contribution in [0.25, 0.3) is 0 Å². The predicted octanol–water partition coefficient (Wildman–Crippen LogP) is 2.96. The van der Waals surface area contributed by atoms with Gasteiger partial charge in [0.05, 0.1) is 38.0 Å². The Morgan fingerprint density at radius 2 is 1.12 bits per heavy atom. The van der Waals surface area contributed by atoms with Gasteiger partial charge in [0.25, 0.3) is 5.91 Å². The van der Waals surface area contributed by atoms with E-state index in [4.69, 9.17) is 18.9 Å².